The third kappa shape index (κ3) is 4.84. The zero-order chi connectivity index (χ0) is 14.6. The van der Waals surface area contributed by atoms with Crippen LogP contribution in [0.2, 0.25) is 0 Å². The van der Waals surface area contributed by atoms with E-state index in [0.717, 1.165) is 0 Å². The third-order valence-corrected chi connectivity index (χ3v) is 2.66. The first-order valence-electron chi connectivity index (χ1n) is 5.82. The van der Waals surface area contributed by atoms with E-state index in [1.54, 1.807) is 13.0 Å². The number of alkyl halides is 3. The van der Waals surface area contributed by atoms with Crippen LogP contribution in [0.15, 0.2) is 18.2 Å². The number of nitrogen functional groups attached to an aromatic ring is 1. The largest absolute Gasteiger partial charge is 0.418 e. The van der Waals surface area contributed by atoms with E-state index in [1.807, 2.05) is 0 Å². The predicted molar refractivity (Wildman–Crippen MR) is 68.2 cm³/mol. The Hall–Kier alpha value is -1.67. The molecule has 0 amide bonds. The molecule has 1 saturated carbocycles. The van der Waals surface area contributed by atoms with Gasteiger partial charge in [0.25, 0.3) is 0 Å². The highest BCUT2D eigenvalue weighted by Gasteiger charge is 2.40. The summed E-state index contributed by atoms with van der Waals surface area (Å²) in [5.74, 6) is 3.30. The van der Waals surface area contributed by atoms with Crippen LogP contribution in [0.25, 0.3) is 0 Å². The van der Waals surface area contributed by atoms with Crippen LogP contribution in [0.4, 0.5) is 18.9 Å². The Bertz CT molecular complexity index is 473. The summed E-state index contributed by atoms with van der Waals surface area (Å²) in [5.41, 5.74) is 5.60. The van der Waals surface area contributed by atoms with E-state index in [0.29, 0.717) is 11.5 Å². The van der Waals surface area contributed by atoms with Gasteiger partial charge < -0.3 is 10.8 Å². The Labute approximate surface area is 110 Å². The lowest BCUT2D eigenvalue weighted by atomic mass is 10.0. The lowest BCUT2D eigenvalue weighted by molar-refractivity contribution is -0.206. The van der Waals surface area contributed by atoms with Gasteiger partial charge in [-0.3, -0.25) is 0 Å². The number of aliphatic hydroxyl groups excluding tert-OH is 1. The summed E-state index contributed by atoms with van der Waals surface area (Å²) >= 11 is 0. The minimum Gasteiger partial charge on any atom is -0.398 e. The van der Waals surface area contributed by atoms with Crippen molar-refractivity contribution >= 4 is 5.69 Å². The maximum atomic E-state index is 12.1. The molecule has 1 aliphatic carbocycles. The molecule has 0 aliphatic heterocycles. The van der Waals surface area contributed by atoms with Crippen LogP contribution in [-0.4, -0.2) is 11.3 Å². The fraction of sp³-hybridized carbons (Fsp3) is 0.429. The molecule has 5 heteroatoms. The molecule has 1 atom stereocenters. The molecular weight excluding hydrogens is 255 g/mol. The second-order valence-electron chi connectivity index (χ2n) is 4.52. The second kappa shape index (κ2) is 5.98. The first-order valence-corrected chi connectivity index (χ1v) is 5.82. The highest BCUT2D eigenvalue weighted by molar-refractivity contribution is 5.50. The summed E-state index contributed by atoms with van der Waals surface area (Å²) in [6.07, 6.45) is 0.342. The van der Waals surface area contributed by atoms with Crippen LogP contribution in [-0.2, 0) is 0 Å². The molecule has 1 aliphatic rings. The summed E-state index contributed by atoms with van der Waals surface area (Å²) < 4.78 is 36.4. The van der Waals surface area contributed by atoms with Gasteiger partial charge in [0.2, 0.25) is 0 Å². The van der Waals surface area contributed by atoms with E-state index in [4.69, 9.17) is 17.3 Å². The van der Waals surface area contributed by atoms with Crippen molar-refractivity contribution in [3.05, 3.63) is 29.3 Å². The summed E-state index contributed by atoms with van der Waals surface area (Å²) in [4.78, 5) is 0. The number of aryl methyl sites for hydroxylation is 1. The molecule has 0 radical (unpaired) electrons. The van der Waals surface area contributed by atoms with Gasteiger partial charge in [-0.05, 0) is 25.8 Å². The van der Waals surface area contributed by atoms with E-state index >= 15 is 0 Å². The van der Waals surface area contributed by atoms with E-state index < -0.39 is 12.3 Å². The monoisotopic (exact) mass is 271 g/mol. The molecule has 0 spiro atoms. The molecule has 1 fully saturated rings. The quantitative estimate of drug-likeness (QED) is 0.608. The van der Waals surface area contributed by atoms with Gasteiger partial charge in [0, 0.05) is 17.2 Å². The molecule has 104 valence electrons. The molecule has 2 nitrogen and oxygen atoms in total. The van der Waals surface area contributed by atoms with Gasteiger partial charge in [-0.15, -0.1) is 12.3 Å². The Morgan fingerprint density at radius 3 is 2.37 bits per heavy atom. The highest BCUT2D eigenvalue weighted by atomic mass is 19.4. The van der Waals surface area contributed by atoms with E-state index in [2.05, 4.69) is 5.92 Å². The van der Waals surface area contributed by atoms with Gasteiger partial charge in [-0.25, -0.2) is 0 Å². The average molecular weight is 271 g/mol. The maximum Gasteiger partial charge on any atom is 0.418 e. The number of aliphatic hydroxyl groups is 1. The SMILES string of the molecule is C#CC1CC1.Cc1ccc(N)c([C@H](O)C(F)(F)F)c1. The van der Waals surface area contributed by atoms with Crippen LogP contribution in [0.5, 0.6) is 0 Å². The molecule has 3 N–H and O–H groups in total. The predicted octanol–water partition coefficient (Wildman–Crippen LogP) is 3.20. The smallest absolute Gasteiger partial charge is 0.398 e. The topological polar surface area (TPSA) is 46.2 Å². The number of hydrogen-bond acceptors (Lipinski definition) is 2. The molecule has 19 heavy (non-hydrogen) atoms. The Morgan fingerprint density at radius 2 is 2.00 bits per heavy atom. The van der Waals surface area contributed by atoms with Crippen LogP contribution < -0.4 is 5.73 Å². The molecular formula is C14H16F3NO. The molecule has 0 unspecified atom stereocenters. The van der Waals surface area contributed by atoms with E-state index in [9.17, 15) is 13.2 Å². The van der Waals surface area contributed by atoms with Crippen LogP contribution >= 0.6 is 0 Å². The van der Waals surface area contributed by atoms with Crippen molar-refractivity contribution in [1.82, 2.24) is 0 Å². The van der Waals surface area contributed by atoms with Crippen LogP contribution in [0.1, 0.15) is 30.1 Å². The number of halogens is 3. The van der Waals surface area contributed by atoms with Gasteiger partial charge in [0.15, 0.2) is 6.10 Å². The molecule has 0 heterocycles. The van der Waals surface area contributed by atoms with Crippen molar-refractivity contribution in [1.29, 1.82) is 0 Å². The number of hydrogen-bond donors (Lipinski definition) is 2. The van der Waals surface area contributed by atoms with Gasteiger partial charge >= 0.3 is 6.18 Å². The second-order valence-corrected chi connectivity index (χ2v) is 4.52. The van der Waals surface area contributed by atoms with Gasteiger partial charge in [0.1, 0.15) is 0 Å². The lowest BCUT2D eigenvalue weighted by Gasteiger charge is -2.16. The number of nitrogens with two attached hydrogens (primary N) is 1. The minimum atomic E-state index is -4.68. The normalized spacial score (nSPS) is 16.0. The molecule has 1 aromatic rings. The molecule has 0 bridgehead atoms. The van der Waals surface area contributed by atoms with Crippen molar-refractivity contribution in [3.63, 3.8) is 0 Å². The van der Waals surface area contributed by atoms with Crippen LogP contribution in [0.3, 0.4) is 0 Å². The fourth-order valence-electron chi connectivity index (χ4n) is 1.36. The van der Waals surface area contributed by atoms with Crippen LogP contribution in [0, 0.1) is 25.2 Å². The summed E-state index contributed by atoms with van der Waals surface area (Å²) in [6.45, 7) is 1.63. The third-order valence-electron chi connectivity index (χ3n) is 2.66. The number of terminal acetylenes is 1. The molecule has 1 aromatic carbocycles. The first kappa shape index (κ1) is 15.4. The van der Waals surface area contributed by atoms with Gasteiger partial charge in [0.05, 0.1) is 0 Å². The van der Waals surface area contributed by atoms with Crippen molar-refractivity contribution in [2.45, 2.75) is 32.0 Å². The molecule has 0 aromatic heterocycles. The zero-order valence-electron chi connectivity index (χ0n) is 10.5. The Kier molecular flexibility index (Phi) is 4.84. The van der Waals surface area contributed by atoms with E-state index in [-0.39, 0.29) is 11.3 Å². The number of benzene rings is 1. The fourth-order valence-corrected chi connectivity index (χ4v) is 1.36. The standard InChI is InChI=1S/C9H10F3NO.C5H6/c1-5-2-3-7(13)6(4-5)8(14)9(10,11)12;1-2-5-3-4-5/h2-4,8,14H,13H2,1H3;1,5H,3-4H2/t8-;/m0./s1. The summed E-state index contributed by atoms with van der Waals surface area (Å²) in [7, 11) is 0. The van der Waals surface area contributed by atoms with Crippen molar-refractivity contribution < 1.29 is 18.3 Å². The van der Waals surface area contributed by atoms with Gasteiger partial charge in [-0.1, -0.05) is 17.7 Å². The number of anilines is 1. The Balaban J connectivity index is 0.000000300. The highest BCUT2D eigenvalue weighted by Crippen LogP contribution is 2.35. The van der Waals surface area contributed by atoms with Crippen molar-refractivity contribution in [2.75, 3.05) is 5.73 Å². The number of rotatable bonds is 1. The lowest BCUT2D eigenvalue weighted by Crippen LogP contribution is -2.21. The van der Waals surface area contributed by atoms with E-state index in [1.165, 1.54) is 25.0 Å². The average Bonchev–Trinajstić information content (AvgIpc) is 3.14. The van der Waals surface area contributed by atoms with Crippen molar-refractivity contribution in [3.8, 4) is 12.3 Å². The zero-order valence-corrected chi connectivity index (χ0v) is 10.5. The Morgan fingerprint density at radius 1 is 1.42 bits per heavy atom. The molecule has 0 saturated heterocycles. The maximum absolute atomic E-state index is 12.1. The summed E-state index contributed by atoms with van der Waals surface area (Å²) in [5, 5.41) is 8.96. The minimum absolute atomic E-state index is 0.0552. The van der Waals surface area contributed by atoms with Crippen molar-refractivity contribution in [2.24, 2.45) is 5.92 Å². The summed E-state index contributed by atoms with van der Waals surface area (Å²) in [6, 6.07) is 4.16. The molecule has 2 rings (SSSR count). The first-order chi connectivity index (χ1) is 8.75. The van der Waals surface area contributed by atoms with Gasteiger partial charge in [-0.2, -0.15) is 13.2 Å².